The van der Waals surface area contributed by atoms with Crippen LogP contribution in [0, 0.1) is 12.8 Å². The van der Waals surface area contributed by atoms with Crippen LogP contribution in [0.3, 0.4) is 0 Å². The average molecular weight is 568 g/mol. The van der Waals surface area contributed by atoms with Crippen molar-refractivity contribution in [2.75, 3.05) is 5.88 Å². The smallest absolute Gasteiger partial charge is 0.254 e. The van der Waals surface area contributed by atoms with E-state index in [1.54, 1.807) is 19.1 Å². The number of thioether (sulfide) groups is 1. The van der Waals surface area contributed by atoms with Crippen LogP contribution in [0.2, 0.25) is 0 Å². The molecule has 4 rings (SSSR count). The van der Waals surface area contributed by atoms with E-state index in [-0.39, 0.29) is 35.6 Å². The molecule has 4 N–H and O–H groups in total. The van der Waals surface area contributed by atoms with E-state index in [4.69, 9.17) is 0 Å². The van der Waals surface area contributed by atoms with Gasteiger partial charge in [-0.25, -0.2) is 0 Å². The fourth-order valence-corrected chi connectivity index (χ4v) is 6.80. The Morgan fingerprint density at radius 1 is 1.05 bits per heavy atom. The van der Waals surface area contributed by atoms with Crippen molar-refractivity contribution in [2.45, 2.75) is 88.8 Å². The minimum Gasteiger partial charge on any atom is -0.508 e. The molecule has 1 heterocycles. The summed E-state index contributed by atoms with van der Waals surface area (Å²) in [6, 6.07) is 12.4. The number of hydrogen-bond acceptors (Lipinski definition) is 6. The van der Waals surface area contributed by atoms with Crippen molar-refractivity contribution in [3.05, 3.63) is 65.2 Å². The molecule has 1 aliphatic heterocycles. The number of benzene rings is 2. The summed E-state index contributed by atoms with van der Waals surface area (Å²) in [6.45, 7) is 7.75. The molecular formula is C31H41N3O5S. The number of aliphatic hydroxyl groups excluding tert-OH is 1. The number of phenols is 1. The van der Waals surface area contributed by atoms with E-state index in [9.17, 15) is 24.6 Å². The van der Waals surface area contributed by atoms with Crippen LogP contribution in [-0.4, -0.2) is 67.7 Å². The van der Waals surface area contributed by atoms with Crippen molar-refractivity contribution in [3.8, 4) is 5.75 Å². The van der Waals surface area contributed by atoms with Crippen LogP contribution in [0.5, 0.6) is 5.75 Å². The van der Waals surface area contributed by atoms with Crippen LogP contribution >= 0.6 is 11.8 Å². The van der Waals surface area contributed by atoms with Crippen LogP contribution in [0.1, 0.15) is 67.9 Å². The number of carbonyl (C=O) groups excluding carboxylic acids is 3. The minimum atomic E-state index is -1.58. The van der Waals surface area contributed by atoms with Gasteiger partial charge >= 0.3 is 0 Å². The van der Waals surface area contributed by atoms with Crippen molar-refractivity contribution in [2.24, 2.45) is 5.92 Å². The number of rotatable bonds is 8. The van der Waals surface area contributed by atoms with Gasteiger partial charge in [0.2, 0.25) is 5.91 Å². The number of carbonyl (C=O) groups is 3. The predicted octanol–water partition coefficient (Wildman–Crippen LogP) is 3.78. The summed E-state index contributed by atoms with van der Waals surface area (Å²) in [5.41, 5.74) is 1.50. The molecule has 2 aromatic rings. The van der Waals surface area contributed by atoms with Crippen LogP contribution in [0.25, 0.3) is 0 Å². The van der Waals surface area contributed by atoms with Crippen LogP contribution < -0.4 is 10.6 Å². The second-order valence-electron chi connectivity index (χ2n) is 11.7. The molecule has 2 aromatic carbocycles. The largest absolute Gasteiger partial charge is 0.508 e. The Labute approximate surface area is 240 Å². The third kappa shape index (κ3) is 6.81. The summed E-state index contributed by atoms with van der Waals surface area (Å²) in [6.07, 6.45) is 2.59. The summed E-state index contributed by atoms with van der Waals surface area (Å²) >= 11 is 1.50. The average Bonchev–Trinajstić information content (AvgIpc) is 3.25. The molecular weight excluding hydrogens is 526 g/mol. The second-order valence-corrected chi connectivity index (χ2v) is 13.3. The van der Waals surface area contributed by atoms with Gasteiger partial charge in [-0.15, -0.1) is 11.8 Å². The first-order chi connectivity index (χ1) is 19.0. The number of aromatic hydroxyl groups is 1. The summed E-state index contributed by atoms with van der Waals surface area (Å²) in [4.78, 5) is 42.1. The highest BCUT2D eigenvalue weighted by atomic mass is 32.2. The number of hydrogen-bond donors (Lipinski definition) is 4. The molecule has 216 valence electrons. The minimum absolute atomic E-state index is 0.0125. The first-order valence-corrected chi connectivity index (χ1v) is 15.0. The van der Waals surface area contributed by atoms with Gasteiger partial charge in [0, 0.05) is 21.9 Å². The Hall–Kier alpha value is -3.04. The fourth-order valence-electron chi connectivity index (χ4n) is 5.66. The topological polar surface area (TPSA) is 119 Å². The first kappa shape index (κ1) is 29.9. The van der Waals surface area contributed by atoms with Crippen LogP contribution in [0.4, 0.5) is 0 Å². The maximum atomic E-state index is 13.8. The van der Waals surface area contributed by atoms with Gasteiger partial charge in [0.05, 0.1) is 11.9 Å². The highest BCUT2D eigenvalue weighted by Crippen LogP contribution is 2.40. The number of nitrogens with one attached hydrogen (secondary N) is 2. The molecule has 0 spiro atoms. The zero-order chi connectivity index (χ0) is 29.0. The third-order valence-electron chi connectivity index (χ3n) is 8.24. The van der Waals surface area contributed by atoms with Gasteiger partial charge < -0.3 is 25.7 Å². The van der Waals surface area contributed by atoms with E-state index >= 15 is 0 Å². The molecule has 0 aromatic heterocycles. The van der Waals surface area contributed by atoms with E-state index in [0.29, 0.717) is 11.5 Å². The van der Waals surface area contributed by atoms with Gasteiger partial charge in [-0.3, -0.25) is 14.4 Å². The molecule has 3 atom stereocenters. The van der Waals surface area contributed by atoms with Gasteiger partial charge in [-0.2, -0.15) is 0 Å². The lowest BCUT2D eigenvalue weighted by Crippen LogP contribution is -2.59. The van der Waals surface area contributed by atoms with Crippen molar-refractivity contribution in [1.29, 1.82) is 0 Å². The van der Waals surface area contributed by atoms with Gasteiger partial charge in [0.15, 0.2) is 6.10 Å². The maximum Gasteiger partial charge on any atom is 0.254 e. The normalized spacial score (nSPS) is 23.7. The molecule has 1 aliphatic carbocycles. The SMILES string of the molecule is Cc1c(O)cccc1C(=O)N[C@@H](Cc1ccccc1)[C@H](O)C(=O)N1CSC(C)(C)[C@H]1C(=O)NC1CCC(C)CC1. The molecule has 0 bridgehead atoms. The summed E-state index contributed by atoms with van der Waals surface area (Å²) < 4.78 is -0.543. The van der Waals surface area contributed by atoms with Crippen molar-refractivity contribution in [1.82, 2.24) is 15.5 Å². The van der Waals surface area contributed by atoms with Crippen molar-refractivity contribution >= 4 is 29.5 Å². The highest BCUT2D eigenvalue weighted by molar-refractivity contribution is 8.00. The molecule has 1 saturated carbocycles. The molecule has 2 fully saturated rings. The summed E-state index contributed by atoms with van der Waals surface area (Å²) in [7, 11) is 0. The maximum absolute atomic E-state index is 13.8. The van der Waals surface area contributed by atoms with E-state index in [2.05, 4.69) is 17.6 Å². The van der Waals surface area contributed by atoms with E-state index in [1.807, 2.05) is 44.2 Å². The molecule has 9 heteroatoms. The van der Waals surface area contributed by atoms with E-state index < -0.39 is 34.7 Å². The molecule has 1 saturated heterocycles. The lowest BCUT2D eigenvalue weighted by molar-refractivity contribution is -0.147. The summed E-state index contributed by atoms with van der Waals surface area (Å²) in [5, 5.41) is 27.5. The molecule has 2 aliphatic rings. The van der Waals surface area contributed by atoms with Gasteiger partial charge in [-0.05, 0) is 76.5 Å². The Morgan fingerprint density at radius 2 is 1.73 bits per heavy atom. The number of nitrogens with zero attached hydrogens (tertiary/aromatic N) is 1. The van der Waals surface area contributed by atoms with Crippen LogP contribution in [-0.2, 0) is 16.0 Å². The summed E-state index contributed by atoms with van der Waals surface area (Å²) in [5.74, 6) is -0.390. The molecule has 0 radical (unpaired) electrons. The standard InChI is InChI=1S/C31H41N3O5S/c1-19-13-15-22(16-14-19)32-29(38)27-31(3,4)40-18-34(27)30(39)26(36)24(17-21-9-6-5-7-10-21)33-28(37)23-11-8-12-25(35)20(23)2/h5-12,19,22,24,26-27,35-36H,13-18H2,1-4H3,(H,32,38)(H,33,37)/t19?,22?,24-,26-,27+/m0/s1. The monoisotopic (exact) mass is 567 g/mol. The fraction of sp³-hybridized carbons (Fsp3) is 0.516. The first-order valence-electron chi connectivity index (χ1n) is 14.0. The third-order valence-corrected chi connectivity index (χ3v) is 9.61. The Balaban J connectivity index is 1.55. The molecule has 8 nitrogen and oxygen atoms in total. The van der Waals surface area contributed by atoms with Crippen LogP contribution in [0.15, 0.2) is 48.5 Å². The molecule has 0 unspecified atom stereocenters. The molecule has 40 heavy (non-hydrogen) atoms. The highest BCUT2D eigenvalue weighted by Gasteiger charge is 2.50. The molecule has 3 amide bonds. The quantitative estimate of drug-likeness (QED) is 0.386. The van der Waals surface area contributed by atoms with E-state index in [0.717, 1.165) is 31.2 Å². The number of aliphatic hydroxyl groups is 1. The van der Waals surface area contributed by atoms with E-state index in [1.165, 1.54) is 22.7 Å². The lowest BCUT2D eigenvalue weighted by atomic mass is 9.87. The Morgan fingerprint density at radius 3 is 2.40 bits per heavy atom. The lowest BCUT2D eigenvalue weighted by Gasteiger charge is -2.35. The number of amides is 3. The zero-order valence-corrected chi connectivity index (χ0v) is 24.5. The second kappa shape index (κ2) is 12.6. The predicted molar refractivity (Wildman–Crippen MR) is 157 cm³/mol. The number of phenolic OH excluding ortho intramolecular Hbond substituents is 1. The van der Waals surface area contributed by atoms with Gasteiger partial charge in [0.1, 0.15) is 11.8 Å². The zero-order valence-electron chi connectivity index (χ0n) is 23.7. The Kier molecular flexibility index (Phi) is 9.46. The Bertz CT molecular complexity index is 1210. The van der Waals surface area contributed by atoms with Gasteiger partial charge in [0.25, 0.3) is 11.8 Å². The van der Waals surface area contributed by atoms with Gasteiger partial charge in [-0.1, -0.05) is 43.3 Å². The van der Waals surface area contributed by atoms with Crippen molar-refractivity contribution < 1.29 is 24.6 Å². The van der Waals surface area contributed by atoms with Crippen molar-refractivity contribution in [3.63, 3.8) is 0 Å².